The summed E-state index contributed by atoms with van der Waals surface area (Å²) in [5.41, 5.74) is 0.860. The lowest BCUT2D eigenvalue weighted by atomic mass is 10.2. The smallest absolute Gasteiger partial charge is 0.166 e. The van der Waals surface area contributed by atoms with E-state index in [-0.39, 0.29) is 11.4 Å². The van der Waals surface area contributed by atoms with Crippen LogP contribution in [0.4, 0.5) is 26.2 Å². The summed E-state index contributed by atoms with van der Waals surface area (Å²) in [7, 11) is 3.43. The molecule has 0 atom stereocenters. The number of aromatic nitrogens is 4. The SMILES string of the molecule is COCCN(C)c1cc(Nc2cc(C)[nH]n2)nc(-c2cc(F)ccc2F)n1. The van der Waals surface area contributed by atoms with Crippen molar-refractivity contribution in [3.63, 3.8) is 0 Å². The zero-order valence-corrected chi connectivity index (χ0v) is 15.3. The second-order valence-corrected chi connectivity index (χ2v) is 6.03. The number of H-pyrrole nitrogens is 1. The lowest BCUT2D eigenvalue weighted by Gasteiger charge is -2.19. The number of hydrogen-bond acceptors (Lipinski definition) is 6. The van der Waals surface area contributed by atoms with Crippen LogP contribution in [0, 0.1) is 18.6 Å². The minimum Gasteiger partial charge on any atom is -0.383 e. The number of hydrogen-bond donors (Lipinski definition) is 2. The fourth-order valence-electron chi connectivity index (χ4n) is 2.44. The molecule has 27 heavy (non-hydrogen) atoms. The van der Waals surface area contributed by atoms with E-state index < -0.39 is 11.6 Å². The molecule has 7 nitrogen and oxygen atoms in total. The van der Waals surface area contributed by atoms with Gasteiger partial charge in [-0.05, 0) is 25.1 Å². The van der Waals surface area contributed by atoms with E-state index in [1.54, 1.807) is 19.2 Å². The maximum Gasteiger partial charge on any atom is 0.166 e. The Bertz CT molecular complexity index is 930. The number of anilines is 3. The van der Waals surface area contributed by atoms with E-state index in [4.69, 9.17) is 4.74 Å². The van der Waals surface area contributed by atoms with Gasteiger partial charge in [-0.15, -0.1) is 0 Å². The van der Waals surface area contributed by atoms with E-state index >= 15 is 0 Å². The van der Waals surface area contributed by atoms with Crippen LogP contribution < -0.4 is 10.2 Å². The Labute approximate surface area is 155 Å². The van der Waals surface area contributed by atoms with Crippen LogP contribution in [0.1, 0.15) is 5.69 Å². The van der Waals surface area contributed by atoms with Gasteiger partial charge >= 0.3 is 0 Å². The van der Waals surface area contributed by atoms with Crippen molar-refractivity contribution >= 4 is 17.5 Å². The molecular formula is C18H20F2N6O. The van der Waals surface area contributed by atoms with E-state index in [0.29, 0.717) is 30.6 Å². The maximum atomic E-state index is 14.2. The molecule has 0 spiro atoms. The van der Waals surface area contributed by atoms with Gasteiger partial charge in [0, 0.05) is 38.5 Å². The third-order valence-corrected chi connectivity index (χ3v) is 3.87. The molecule has 9 heteroatoms. The topological polar surface area (TPSA) is 79.0 Å². The zero-order valence-electron chi connectivity index (χ0n) is 15.3. The molecule has 0 saturated heterocycles. The number of ether oxygens (including phenoxy) is 1. The van der Waals surface area contributed by atoms with E-state index in [2.05, 4.69) is 25.5 Å². The number of likely N-dealkylation sites (N-methyl/N-ethyl adjacent to an activating group) is 1. The normalized spacial score (nSPS) is 10.9. The van der Waals surface area contributed by atoms with Crippen molar-refractivity contribution in [1.29, 1.82) is 0 Å². The van der Waals surface area contributed by atoms with Gasteiger partial charge in [-0.25, -0.2) is 18.7 Å². The summed E-state index contributed by atoms with van der Waals surface area (Å²) in [5.74, 6) is 0.413. The van der Waals surface area contributed by atoms with Crippen LogP contribution in [0.25, 0.3) is 11.4 Å². The first-order valence-electron chi connectivity index (χ1n) is 8.30. The second kappa shape index (κ2) is 8.09. The molecule has 0 unspecified atom stereocenters. The van der Waals surface area contributed by atoms with Gasteiger partial charge in [0.2, 0.25) is 0 Å². The molecule has 1 aromatic carbocycles. The number of nitrogens with one attached hydrogen (secondary N) is 2. The van der Waals surface area contributed by atoms with E-state index in [0.717, 1.165) is 23.9 Å². The van der Waals surface area contributed by atoms with Gasteiger partial charge in [0.05, 0.1) is 12.2 Å². The summed E-state index contributed by atoms with van der Waals surface area (Å²) in [6.45, 7) is 2.93. The minimum absolute atomic E-state index is 0.0155. The van der Waals surface area contributed by atoms with Crippen molar-refractivity contribution in [2.45, 2.75) is 6.92 Å². The van der Waals surface area contributed by atoms with Gasteiger partial charge in [0.1, 0.15) is 23.3 Å². The Morgan fingerprint density at radius 1 is 1.15 bits per heavy atom. The van der Waals surface area contributed by atoms with Crippen molar-refractivity contribution < 1.29 is 13.5 Å². The molecule has 2 heterocycles. The first-order valence-corrected chi connectivity index (χ1v) is 8.30. The minimum atomic E-state index is -0.602. The van der Waals surface area contributed by atoms with Crippen LogP contribution in [0.5, 0.6) is 0 Å². The predicted molar refractivity (Wildman–Crippen MR) is 99.1 cm³/mol. The summed E-state index contributed by atoms with van der Waals surface area (Å²) in [4.78, 5) is 10.6. The predicted octanol–water partition coefficient (Wildman–Crippen LogP) is 3.28. The fourth-order valence-corrected chi connectivity index (χ4v) is 2.44. The van der Waals surface area contributed by atoms with Gasteiger partial charge in [-0.2, -0.15) is 5.10 Å². The van der Waals surface area contributed by atoms with Crippen molar-refractivity contribution in [3.8, 4) is 11.4 Å². The van der Waals surface area contributed by atoms with Crippen molar-refractivity contribution in [1.82, 2.24) is 20.2 Å². The van der Waals surface area contributed by atoms with Crippen LogP contribution in [-0.4, -0.2) is 47.5 Å². The molecule has 3 rings (SSSR count). The number of aromatic amines is 1. The summed E-state index contributed by atoms with van der Waals surface area (Å²) < 4.78 is 33.0. The van der Waals surface area contributed by atoms with Gasteiger partial charge in [-0.1, -0.05) is 0 Å². The lowest BCUT2D eigenvalue weighted by molar-refractivity contribution is 0.206. The van der Waals surface area contributed by atoms with Crippen molar-refractivity contribution in [3.05, 3.63) is 47.7 Å². The maximum absolute atomic E-state index is 14.2. The average molecular weight is 374 g/mol. The zero-order chi connectivity index (χ0) is 19.4. The lowest BCUT2D eigenvalue weighted by Crippen LogP contribution is -2.23. The largest absolute Gasteiger partial charge is 0.383 e. The number of halogens is 2. The van der Waals surface area contributed by atoms with Crippen molar-refractivity contribution in [2.24, 2.45) is 0 Å². The molecule has 0 saturated carbocycles. The van der Waals surface area contributed by atoms with Crippen LogP contribution in [-0.2, 0) is 4.74 Å². The summed E-state index contributed by atoms with van der Waals surface area (Å²) in [6.07, 6.45) is 0. The molecular weight excluding hydrogens is 354 g/mol. The third-order valence-electron chi connectivity index (χ3n) is 3.87. The van der Waals surface area contributed by atoms with Gasteiger partial charge in [-0.3, -0.25) is 5.10 Å². The van der Waals surface area contributed by atoms with Gasteiger partial charge < -0.3 is 15.0 Å². The van der Waals surface area contributed by atoms with Crippen LogP contribution in [0.3, 0.4) is 0 Å². The van der Waals surface area contributed by atoms with E-state index in [9.17, 15) is 8.78 Å². The fraction of sp³-hybridized carbons (Fsp3) is 0.278. The molecule has 0 aliphatic rings. The number of nitrogens with zero attached hydrogens (tertiary/aromatic N) is 4. The standard InChI is InChI=1S/C18H20F2N6O/c1-11-8-16(25-24-11)21-15-10-17(26(2)6-7-27-3)23-18(22-15)13-9-12(19)4-5-14(13)20/h4-5,8-10H,6-7H2,1-3H3,(H2,21,22,23,24,25). The molecule has 0 amide bonds. The molecule has 0 fully saturated rings. The molecule has 0 radical (unpaired) electrons. The molecule has 0 aliphatic carbocycles. The molecule has 0 aliphatic heterocycles. The number of methoxy groups -OCH3 is 1. The van der Waals surface area contributed by atoms with Gasteiger partial charge in [0.25, 0.3) is 0 Å². The molecule has 142 valence electrons. The molecule has 0 bridgehead atoms. The number of aryl methyl sites for hydroxylation is 1. The number of benzene rings is 1. The first-order chi connectivity index (χ1) is 13.0. The summed E-state index contributed by atoms with van der Waals surface area (Å²) in [5, 5.41) is 9.98. The third kappa shape index (κ3) is 4.56. The summed E-state index contributed by atoms with van der Waals surface area (Å²) >= 11 is 0. The molecule has 2 aromatic heterocycles. The van der Waals surface area contributed by atoms with Crippen LogP contribution in [0.2, 0.25) is 0 Å². The molecule has 2 N–H and O–H groups in total. The Kier molecular flexibility index (Phi) is 5.60. The quantitative estimate of drug-likeness (QED) is 0.661. The number of rotatable bonds is 7. The Balaban J connectivity index is 2.03. The summed E-state index contributed by atoms with van der Waals surface area (Å²) in [6, 6.07) is 6.70. The van der Waals surface area contributed by atoms with E-state index in [1.165, 1.54) is 0 Å². The Hall–Kier alpha value is -3.07. The first kappa shape index (κ1) is 18.7. The Morgan fingerprint density at radius 3 is 2.67 bits per heavy atom. The second-order valence-electron chi connectivity index (χ2n) is 6.03. The van der Waals surface area contributed by atoms with E-state index in [1.807, 2.05) is 18.9 Å². The average Bonchev–Trinajstić information content (AvgIpc) is 3.06. The molecule has 3 aromatic rings. The van der Waals surface area contributed by atoms with Crippen LogP contribution >= 0.6 is 0 Å². The Morgan fingerprint density at radius 2 is 1.96 bits per heavy atom. The van der Waals surface area contributed by atoms with Gasteiger partial charge in [0.15, 0.2) is 11.6 Å². The highest BCUT2D eigenvalue weighted by Gasteiger charge is 2.15. The monoisotopic (exact) mass is 374 g/mol. The van der Waals surface area contributed by atoms with Crippen molar-refractivity contribution in [2.75, 3.05) is 37.5 Å². The van der Waals surface area contributed by atoms with Crippen LogP contribution in [0.15, 0.2) is 30.3 Å². The highest BCUT2D eigenvalue weighted by molar-refractivity contribution is 5.64. The highest BCUT2D eigenvalue weighted by atomic mass is 19.1. The highest BCUT2D eigenvalue weighted by Crippen LogP contribution is 2.26.